The van der Waals surface area contributed by atoms with E-state index in [1.165, 1.54) is 6.07 Å². The second-order valence-electron chi connectivity index (χ2n) is 3.97. The normalized spacial score (nSPS) is 10.3. The molecular formula is C12H14N4O2. The van der Waals surface area contributed by atoms with Crippen LogP contribution in [0.25, 0.3) is 0 Å². The summed E-state index contributed by atoms with van der Waals surface area (Å²) >= 11 is 0. The lowest BCUT2D eigenvalue weighted by Crippen LogP contribution is -2.11. The van der Waals surface area contributed by atoms with Crippen molar-refractivity contribution in [2.75, 3.05) is 5.73 Å². The van der Waals surface area contributed by atoms with Gasteiger partial charge in [0.2, 0.25) is 11.8 Å². The lowest BCUT2D eigenvalue weighted by molar-refractivity contribution is 0.100. The van der Waals surface area contributed by atoms with Gasteiger partial charge in [-0.3, -0.25) is 4.79 Å². The molecule has 1 aromatic carbocycles. The number of hydrogen-bond donors (Lipinski definition) is 2. The van der Waals surface area contributed by atoms with Crippen LogP contribution in [0.15, 0.2) is 24.3 Å². The minimum Gasteiger partial charge on any atom is -0.437 e. The molecule has 94 valence electrons. The molecule has 0 aliphatic carbocycles. The summed E-state index contributed by atoms with van der Waals surface area (Å²) < 4.78 is 7.23. The Morgan fingerprint density at radius 1 is 1.39 bits per heavy atom. The quantitative estimate of drug-likeness (QED) is 0.795. The highest BCUT2D eigenvalue weighted by atomic mass is 16.5. The van der Waals surface area contributed by atoms with Crippen molar-refractivity contribution in [2.45, 2.75) is 6.92 Å². The zero-order valence-corrected chi connectivity index (χ0v) is 10.2. The Morgan fingerprint density at radius 3 is 2.61 bits per heavy atom. The predicted molar refractivity (Wildman–Crippen MR) is 67.4 cm³/mol. The van der Waals surface area contributed by atoms with E-state index in [9.17, 15) is 4.79 Å². The molecule has 18 heavy (non-hydrogen) atoms. The third kappa shape index (κ3) is 2.27. The number of carbonyl (C=O) groups excluding carboxylic acids is 1. The molecule has 4 N–H and O–H groups in total. The van der Waals surface area contributed by atoms with Gasteiger partial charge in [0.25, 0.3) is 0 Å². The number of hydrogen-bond acceptors (Lipinski definition) is 4. The van der Waals surface area contributed by atoms with Crippen LogP contribution in [0.2, 0.25) is 0 Å². The summed E-state index contributed by atoms with van der Waals surface area (Å²) in [5.74, 6) is 0.513. The van der Waals surface area contributed by atoms with E-state index < -0.39 is 5.91 Å². The van der Waals surface area contributed by atoms with Crippen molar-refractivity contribution in [3.63, 3.8) is 0 Å². The Bertz CT molecular complexity index is 604. The number of carbonyl (C=O) groups is 1. The van der Waals surface area contributed by atoms with Gasteiger partial charge in [-0.25, -0.2) is 4.68 Å². The number of aryl methyl sites for hydroxylation is 2. The van der Waals surface area contributed by atoms with Crippen LogP contribution in [0.1, 0.15) is 16.1 Å². The average molecular weight is 246 g/mol. The van der Waals surface area contributed by atoms with Gasteiger partial charge in [-0.1, -0.05) is 0 Å². The lowest BCUT2D eigenvalue weighted by atomic mass is 10.2. The molecule has 0 saturated carbocycles. The first-order valence-electron chi connectivity index (χ1n) is 5.35. The molecule has 0 fully saturated rings. The Balaban J connectivity index is 2.30. The van der Waals surface area contributed by atoms with E-state index in [4.69, 9.17) is 16.2 Å². The van der Waals surface area contributed by atoms with Crippen LogP contribution in [-0.4, -0.2) is 15.7 Å². The largest absolute Gasteiger partial charge is 0.437 e. The van der Waals surface area contributed by atoms with E-state index in [1.807, 2.05) is 6.92 Å². The summed E-state index contributed by atoms with van der Waals surface area (Å²) in [6, 6.07) is 6.46. The van der Waals surface area contributed by atoms with Crippen molar-refractivity contribution >= 4 is 11.6 Å². The van der Waals surface area contributed by atoms with E-state index in [0.717, 1.165) is 5.69 Å². The molecule has 0 aliphatic heterocycles. The minimum absolute atomic E-state index is 0.348. The molecule has 6 nitrogen and oxygen atoms in total. The van der Waals surface area contributed by atoms with E-state index in [1.54, 1.807) is 29.9 Å². The summed E-state index contributed by atoms with van der Waals surface area (Å²) in [5, 5.41) is 4.16. The van der Waals surface area contributed by atoms with Gasteiger partial charge in [-0.05, 0) is 25.1 Å². The molecule has 0 saturated heterocycles. The van der Waals surface area contributed by atoms with Crippen molar-refractivity contribution in [3.05, 3.63) is 35.5 Å². The molecule has 0 atom stereocenters. The number of primary amides is 1. The van der Waals surface area contributed by atoms with Crippen LogP contribution in [0, 0.1) is 6.92 Å². The number of ether oxygens (including phenoxy) is 1. The van der Waals surface area contributed by atoms with Gasteiger partial charge < -0.3 is 16.2 Å². The van der Waals surface area contributed by atoms with E-state index in [2.05, 4.69) is 5.10 Å². The fourth-order valence-corrected chi connectivity index (χ4v) is 1.59. The van der Waals surface area contributed by atoms with Crippen LogP contribution in [-0.2, 0) is 7.05 Å². The van der Waals surface area contributed by atoms with Gasteiger partial charge in [-0.15, -0.1) is 0 Å². The van der Waals surface area contributed by atoms with Crippen LogP contribution < -0.4 is 16.2 Å². The number of benzene rings is 1. The second kappa shape index (κ2) is 4.40. The van der Waals surface area contributed by atoms with E-state index in [0.29, 0.717) is 22.9 Å². The molecule has 0 aliphatic rings. The highest BCUT2D eigenvalue weighted by Crippen LogP contribution is 2.28. The first kappa shape index (κ1) is 12.0. The maximum Gasteiger partial charge on any atom is 0.248 e. The zero-order valence-electron chi connectivity index (χ0n) is 10.2. The summed E-state index contributed by atoms with van der Waals surface area (Å²) in [6.45, 7) is 1.87. The molecule has 1 heterocycles. The number of nitrogens with two attached hydrogens (primary N) is 2. The predicted octanol–water partition coefficient (Wildman–Crippen LogP) is 1.20. The van der Waals surface area contributed by atoms with Gasteiger partial charge >= 0.3 is 0 Å². The highest BCUT2D eigenvalue weighted by molar-refractivity contribution is 5.94. The fraction of sp³-hybridized carbons (Fsp3) is 0.167. The third-order valence-corrected chi connectivity index (χ3v) is 2.47. The van der Waals surface area contributed by atoms with Crippen molar-refractivity contribution in [3.8, 4) is 11.6 Å². The number of rotatable bonds is 3. The monoisotopic (exact) mass is 246 g/mol. The van der Waals surface area contributed by atoms with Crippen molar-refractivity contribution in [1.29, 1.82) is 0 Å². The number of nitrogens with zero attached hydrogens (tertiary/aromatic N) is 2. The number of amides is 1. The summed E-state index contributed by atoms with van der Waals surface area (Å²) in [5.41, 5.74) is 12.5. The number of nitrogen functional groups attached to an aromatic ring is 1. The molecule has 0 spiro atoms. The molecule has 0 radical (unpaired) electrons. The minimum atomic E-state index is -0.523. The molecule has 6 heteroatoms. The molecule has 1 aromatic heterocycles. The molecular weight excluding hydrogens is 232 g/mol. The van der Waals surface area contributed by atoms with Crippen LogP contribution in [0.3, 0.4) is 0 Å². The standard InChI is InChI=1S/C12H14N4O2/c1-7-5-11(16(2)15-7)18-10-4-3-8(12(14)17)6-9(10)13/h3-6H,13H2,1-2H3,(H2,14,17). The van der Waals surface area contributed by atoms with Gasteiger partial charge in [0.05, 0.1) is 11.4 Å². The summed E-state index contributed by atoms with van der Waals surface area (Å²) in [4.78, 5) is 11.0. The smallest absolute Gasteiger partial charge is 0.248 e. The Morgan fingerprint density at radius 2 is 2.11 bits per heavy atom. The summed E-state index contributed by atoms with van der Waals surface area (Å²) in [7, 11) is 1.77. The van der Waals surface area contributed by atoms with Gasteiger partial charge in [-0.2, -0.15) is 5.10 Å². The van der Waals surface area contributed by atoms with E-state index >= 15 is 0 Å². The zero-order chi connectivity index (χ0) is 13.3. The molecule has 1 amide bonds. The second-order valence-corrected chi connectivity index (χ2v) is 3.97. The SMILES string of the molecule is Cc1cc(Oc2ccc(C(N)=O)cc2N)n(C)n1. The Hall–Kier alpha value is -2.50. The average Bonchev–Trinajstić information content (AvgIpc) is 2.60. The van der Waals surface area contributed by atoms with Crippen LogP contribution in [0.5, 0.6) is 11.6 Å². The third-order valence-electron chi connectivity index (χ3n) is 2.47. The Labute approximate surface area is 104 Å². The van der Waals surface area contributed by atoms with Crippen LogP contribution >= 0.6 is 0 Å². The summed E-state index contributed by atoms with van der Waals surface area (Å²) in [6.07, 6.45) is 0. The number of anilines is 1. The first-order chi connectivity index (χ1) is 8.47. The van der Waals surface area contributed by atoms with Crippen molar-refractivity contribution < 1.29 is 9.53 Å². The van der Waals surface area contributed by atoms with Crippen molar-refractivity contribution in [2.24, 2.45) is 12.8 Å². The molecule has 0 bridgehead atoms. The number of aromatic nitrogens is 2. The van der Waals surface area contributed by atoms with Crippen LogP contribution in [0.4, 0.5) is 5.69 Å². The maximum absolute atomic E-state index is 11.0. The topological polar surface area (TPSA) is 96.2 Å². The fourth-order valence-electron chi connectivity index (χ4n) is 1.59. The molecule has 2 aromatic rings. The van der Waals surface area contributed by atoms with E-state index in [-0.39, 0.29) is 0 Å². The highest BCUT2D eigenvalue weighted by Gasteiger charge is 2.09. The van der Waals surface area contributed by atoms with Gasteiger partial charge in [0.15, 0.2) is 5.75 Å². The van der Waals surface area contributed by atoms with Crippen molar-refractivity contribution in [1.82, 2.24) is 9.78 Å². The Kier molecular flexibility index (Phi) is 2.93. The lowest BCUT2D eigenvalue weighted by Gasteiger charge is -2.08. The van der Waals surface area contributed by atoms with Gasteiger partial charge in [0, 0.05) is 18.7 Å². The first-order valence-corrected chi connectivity index (χ1v) is 5.35. The molecule has 2 rings (SSSR count). The molecule has 0 unspecified atom stereocenters. The van der Waals surface area contributed by atoms with Gasteiger partial charge in [0.1, 0.15) is 0 Å². The maximum atomic E-state index is 11.0.